The third kappa shape index (κ3) is 3.88. The van der Waals surface area contributed by atoms with Gasteiger partial charge in [-0.05, 0) is 18.6 Å². The van der Waals surface area contributed by atoms with Crippen molar-refractivity contribution in [3.63, 3.8) is 0 Å². The van der Waals surface area contributed by atoms with Crippen molar-refractivity contribution in [1.29, 1.82) is 5.26 Å². The third-order valence-electron chi connectivity index (χ3n) is 2.12. The lowest BCUT2D eigenvalue weighted by Crippen LogP contribution is -2.36. The zero-order valence-corrected chi connectivity index (χ0v) is 9.64. The van der Waals surface area contributed by atoms with Gasteiger partial charge in [-0.1, -0.05) is 12.1 Å². The molecule has 0 radical (unpaired) electrons. The first kappa shape index (κ1) is 13.7. The SMILES string of the molecule is N#Cc1ccccc1NC(=O)C(=O)NCCCO. The summed E-state index contributed by atoms with van der Waals surface area (Å²) in [5, 5.41) is 22.0. The van der Waals surface area contributed by atoms with Gasteiger partial charge in [0.25, 0.3) is 0 Å². The monoisotopic (exact) mass is 247 g/mol. The van der Waals surface area contributed by atoms with Crippen LogP contribution in [0.3, 0.4) is 0 Å². The molecule has 1 aromatic carbocycles. The second-order valence-electron chi connectivity index (χ2n) is 3.44. The Hall–Kier alpha value is -2.39. The largest absolute Gasteiger partial charge is 0.396 e. The standard InChI is InChI=1S/C12H13N3O3/c13-8-9-4-1-2-5-10(9)15-12(18)11(17)14-6-3-7-16/h1-2,4-5,16H,3,6-7H2,(H,14,17)(H,15,18). The van der Waals surface area contributed by atoms with Gasteiger partial charge < -0.3 is 15.7 Å². The molecule has 0 saturated heterocycles. The normalized spacial score (nSPS) is 9.33. The summed E-state index contributed by atoms with van der Waals surface area (Å²) in [4.78, 5) is 22.8. The summed E-state index contributed by atoms with van der Waals surface area (Å²) in [6, 6.07) is 8.31. The molecule has 0 spiro atoms. The number of amides is 2. The van der Waals surface area contributed by atoms with E-state index in [-0.39, 0.29) is 18.7 Å². The lowest BCUT2D eigenvalue weighted by molar-refractivity contribution is -0.136. The molecule has 0 aliphatic rings. The van der Waals surface area contributed by atoms with Gasteiger partial charge in [-0.15, -0.1) is 0 Å². The van der Waals surface area contributed by atoms with E-state index < -0.39 is 11.8 Å². The Morgan fingerprint density at radius 3 is 2.67 bits per heavy atom. The van der Waals surface area contributed by atoms with Gasteiger partial charge >= 0.3 is 11.8 Å². The van der Waals surface area contributed by atoms with Crippen LogP contribution >= 0.6 is 0 Å². The minimum Gasteiger partial charge on any atom is -0.396 e. The number of nitrogens with zero attached hydrogens (tertiary/aromatic N) is 1. The fourth-order valence-corrected chi connectivity index (χ4v) is 1.23. The van der Waals surface area contributed by atoms with E-state index in [1.807, 2.05) is 6.07 Å². The quantitative estimate of drug-likeness (QED) is 0.514. The number of nitriles is 1. The van der Waals surface area contributed by atoms with Gasteiger partial charge in [-0.25, -0.2) is 0 Å². The Kier molecular flexibility index (Phi) is 5.35. The summed E-state index contributed by atoms with van der Waals surface area (Å²) in [5.41, 5.74) is 0.580. The van der Waals surface area contributed by atoms with Gasteiger partial charge in [0.1, 0.15) is 6.07 Å². The second kappa shape index (κ2) is 7.04. The van der Waals surface area contributed by atoms with Crippen molar-refractivity contribution >= 4 is 17.5 Å². The van der Waals surface area contributed by atoms with Crippen molar-refractivity contribution in [1.82, 2.24) is 5.32 Å². The molecule has 0 saturated carbocycles. The molecule has 18 heavy (non-hydrogen) atoms. The molecule has 0 aliphatic heterocycles. The number of carbonyl (C=O) groups is 2. The summed E-state index contributed by atoms with van der Waals surface area (Å²) in [7, 11) is 0. The molecule has 0 unspecified atom stereocenters. The maximum atomic E-state index is 11.5. The van der Waals surface area contributed by atoms with Crippen LogP contribution in [0.1, 0.15) is 12.0 Å². The number of anilines is 1. The first-order valence-corrected chi connectivity index (χ1v) is 5.38. The van der Waals surface area contributed by atoms with E-state index in [0.29, 0.717) is 12.1 Å². The van der Waals surface area contributed by atoms with Crippen LogP contribution in [-0.4, -0.2) is 30.1 Å². The van der Waals surface area contributed by atoms with Gasteiger partial charge in [0.2, 0.25) is 0 Å². The molecule has 1 rings (SSSR count). The number of benzene rings is 1. The van der Waals surface area contributed by atoms with Crippen LogP contribution in [-0.2, 0) is 9.59 Å². The van der Waals surface area contributed by atoms with Crippen LogP contribution in [0.25, 0.3) is 0 Å². The summed E-state index contributed by atoms with van der Waals surface area (Å²) < 4.78 is 0. The first-order chi connectivity index (χ1) is 8.69. The molecule has 0 aliphatic carbocycles. The zero-order valence-electron chi connectivity index (χ0n) is 9.64. The van der Waals surface area contributed by atoms with E-state index in [1.165, 1.54) is 6.07 Å². The fourth-order valence-electron chi connectivity index (χ4n) is 1.23. The maximum absolute atomic E-state index is 11.5. The van der Waals surface area contributed by atoms with Crippen LogP contribution in [0, 0.1) is 11.3 Å². The third-order valence-corrected chi connectivity index (χ3v) is 2.12. The van der Waals surface area contributed by atoms with Gasteiger partial charge in [0.15, 0.2) is 0 Å². The van der Waals surface area contributed by atoms with Crippen LogP contribution in [0.5, 0.6) is 0 Å². The summed E-state index contributed by atoms with van der Waals surface area (Å²) in [5.74, 6) is -1.63. The maximum Gasteiger partial charge on any atom is 0.313 e. The number of hydrogen-bond donors (Lipinski definition) is 3. The smallest absolute Gasteiger partial charge is 0.313 e. The molecular formula is C12H13N3O3. The Morgan fingerprint density at radius 1 is 1.28 bits per heavy atom. The highest BCUT2D eigenvalue weighted by Gasteiger charge is 2.14. The van der Waals surface area contributed by atoms with Crippen LogP contribution in [0.4, 0.5) is 5.69 Å². The van der Waals surface area contributed by atoms with E-state index in [4.69, 9.17) is 10.4 Å². The van der Waals surface area contributed by atoms with Crippen molar-refractivity contribution < 1.29 is 14.7 Å². The molecule has 0 atom stereocenters. The number of aliphatic hydroxyl groups excluding tert-OH is 1. The van der Waals surface area contributed by atoms with E-state index in [2.05, 4.69) is 10.6 Å². The molecule has 2 amide bonds. The number of nitrogens with one attached hydrogen (secondary N) is 2. The molecular weight excluding hydrogens is 234 g/mol. The summed E-state index contributed by atoms with van der Waals surface area (Å²) in [6.07, 6.45) is 0.383. The molecule has 6 heteroatoms. The molecule has 0 fully saturated rings. The topological polar surface area (TPSA) is 102 Å². The van der Waals surface area contributed by atoms with E-state index in [0.717, 1.165) is 0 Å². The lowest BCUT2D eigenvalue weighted by Gasteiger charge is -2.06. The van der Waals surface area contributed by atoms with E-state index >= 15 is 0 Å². The molecule has 94 valence electrons. The van der Waals surface area contributed by atoms with Crippen molar-refractivity contribution in [2.24, 2.45) is 0 Å². The predicted molar refractivity (Wildman–Crippen MR) is 64.5 cm³/mol. The highest BCUT2D eigenvalue weighted by molar-refractivity contribution is 6.39. The molecule has 0 heterocycles. The lowest BCUT2D eigenvalue weighted by atomic mass is 10.2. The van der Waals surface area contributed by atoms with Crippen molar-refractivity contribution in [2.75, 3.05) is 18.5 Å². The Labute approximate surface area is 104 Å². The second-order valence-corrected chi connectivity index (χ2v) is 3.44. The molecule has 0 bridgehead atoms. The average Bonchev–Trinajstić information content (AvgIpc) is 2.39. The number of carbonyl (C=O) groups excluding carboxylic acids is 2. The van der Waals surface area contributed by atoms with Crippen LogP contribution in [0.2, 0.25) is 0 Å². The molecule has 0 aromatic heterocycles. The minimum atomic E-state index is -0.837. The number of para-hydroxylation sites is 1. The van der Waals surface area contributed by atoms with Crippen LogP contribution in [0.15, 0.2) is 24.3 Å². The zero-order chi connectivity index (χ0) is 13.4. The van der Waals surface area contributed by atoms with Crippen molar-refractivity contribution in [3.05, 3.63) is 29.8 Å². The minimum absolute atomic E-state index is 0.0564. The van der Waals surface area contributed by atoms with Crippen molar-refractivity contribution in [2.45, 2.75) is 6.42 Å². The van der Waals surface area contributed by atoms with Crippen LogP contribution < -0.4 is 10.6 Å². The summed E-state index contributed by atoms with van der Waals surface area (Å²) >= 11 is 0. The molecule has 6 nitrogen and oxygen atoms in total. The van der Waals surface area contributed by atoms with Gasteiger partial charge in [-0.3, -0.25) is 9.59 Å². The van der Waals surface area contributed by atoms with Crippen molar-refractivity contribution in [3.8, 4) is 6.07 Å². The number of aliphatic hydroxyl groups is 1. The first-order valence-electron chi connectivity index (χ1n) is 5.38. The summed E-state index contributed by atoms with van der Waals surface area (Å²) in [6.45, 7) is 0.168. The average molecular weight is 247 g/mol. The van der Waals surface area contributed by atoms with Gasteiger partial charge in [0.05, 0.1) is 11.3 Å². The Balaban J connectivity index is 2.59. The van der Waals surface area contributed by atoms with E-state index in [9.17, 15) is 9.59 Å². The Bertz CT molecular complexity index is 480. The van der Waals surface area contributed by atoms with E-state index in [1.54, 1.807) is 18.2 Å². The highest BCUT2D eigenvalue weighted by Crippen LogP contribution is 2.12. The van der Waals surface area contributed by atoms with Gasteiger partial charge in [-0.2, -0.15) is 5.26 Å². The van der Waals surface area contributed by atoms with Gasteiger partial charge in [0, 0.05) is 13.2 Å². The molecule has 1 aromatic rings. The highest BCUT2D eigenvalue weighted by atomic mass is 16.3. The molecule has 3 N–H and O–H groups in total. The fraction of sp³-hybridized carbons (Fsp3) is 0.250. The number of rotatable bonds is 4. The Morgan fingerprint density at radius 2 is 2.00 bits per heavy atom. The predicted octanol–water partition coefficient (Wildman–Crippen LogP) is -0.00462. The number of hydrogen-bond acceptors (Lipinski definition) is 4.